The zero-order valence-corrected chi connectivity index (χ0v) is 9.86. The van der Waals surface area contributed by atoms with Crippen molar-refractivity contribution in [3.63, 3.8) is 0 Å². The fraction of sp³-hybridized carbons (Fsp3) is 0.385. The summed E-state index contributed by atoms with van der Waals surface area (Å²) in [6.45, 7) is 2.27. The van der Waals surface area contributed by atoms with E-state index >= 15 is 0 Å². The van der Waals surface area contributed by atoms with Gasteiger partial charge in [-0.3, -0.25) is 4.79 Å². The molecule has 1 aromatic rings. The van der Waals surface area contributed by atoms with E-state index in [0.717, 1.165) is 12.8 Å². The molecule has 90 valence electrons. The zero-order chi connectivity index (χ0) is 12.7. The Morgan fingerprint density at radius 2 is 2.24 bits per heavy atom. The SMILES string of the molecule is Cc1cccc(C(=O)NCCCCC#N)c1O. The van der Waals surface area contributed by atoms with E-state index in [1.807, 2.05) is 0 Å². The van der Waals surface area contributed by atoms with Crippen molar-refractivity contribution < 1.29 is 9.90 Å². The number of hydrogen-bond donors (Lipinski definition) is 2. The second kappa shape index (κ2) is 6.54. The number of rotatable bonds is 5. The Hall–Kier alpha value is -2.02. The first-order valence-corrected chi connectivity index (χ1v) is 5.60. The van der Waals surface area contributed by atoms with Gasteiger partial charge < -0.3 is 10.4 Å². The summed E-state index contributed by atoms with van der Waals surface area (Å²) < 4.78 is 0. The Morgan fingerprint density at radius 3 is 2.94 bits per heavy atom. The lowest BCUT2D eigenvalue weighted by Gasteiger charge is -2.07. The Labute approximate surface area is 101 Å². The number of unbranched alkanes of at least 4 members (excludes halogenated alkanes) is 2. The molecule has 4 heteroatoms. The average Bonchev–Trinajstić information content (AvgIpc) is 2.32. The van der Waals surface area contributed by atoms with Gasteiger partial charge in [0.25, 0.3) is 5.91 Å². The number of phenols is 1. The molecule has 0 aliphatic rings. The van der Waals surface area contributed by atoms with Gasteiger partial charge in [0.1, 0.15) is 5.75 Å². The lowest BCUT2D eigenvalue weighted by atomic mass is 10.1. The van der Waals surface area contributed by atoms with Crippen molar-refractivity contribution in [3.05, 3.63) is 29.3 Å². The third-order valence-corrected chi connectivity index (χ3v) is 2.48. The van der Waals surface area contributed by atoms with Gasteiger partial charge in [0.2, 0.25) is 0 Å². The minimum absolute atomic E-state index is 0.0297. The van der Waals surface area contributed by atoms with Crippen LogP contribution in [0.25, 0.3) is 0 Å². The second-order valence-corrected chi connectivity index (χ2v) is 3.84. The van der Waals surface area contributed by atoms with Gasteiger partial charge in [-0.05, 0) is 31.4 Å². The summed E-state index contributed by atoms with van der Waals surface area (Å²) in [7, 11) is 0. The number of phenolic OH excluding ortho intramolecular Hbond substituents is 1. The molecular weight excluding hydrogens is 216 g/mol. The van der Waals surface area contributed by atoms with Crippen molar-refractivity contribution in [2.45, 2.75) is 26.2 Å². The molecule has 1 rings (SSSR count). The number of nitriles is 1. The van der Waals surface area contributed by atoms with Crippen molar-refractivity contribution >= 4 is 5.91 Å². The summed E-state index contributed by atoms with van der Waals surface area (Å²) in [5.41, 5.74) is 0.979. The van der Waals surface area contributed by atoms with Gasteiger partial charge in [0.05, 0.1) is 11.6 Å². The average molecular weight is 232 g/mol. The van der Waals surface area contributed by atoms with E-state index in [-0.39, 0.29) is 11.7 Å². The minimum Gasteiger partial charge on any atom is -0.507 e. The predicted octanol–water partition coefficient (Wildman–Crippen LogP) is 2.12. The summed E-state index contributed by atoms with van der Waals surface area (Å²) in [5, 5.41) is 20.8. The summed E-state index contributed by atoms with van der Waals surface area (Å²) in [6.07, 6.45) is 2.05. The predicted molar refractivity (Wildman–Crippen MR) is 64.6 cm³/mol. The molecule has 0 saturated heterocycles. The van der Waals surface area contributed by atoms with Crippen LogP contribution < -0.4 is 5.32 Å². The van der Waals surface area contributed by atoms with E-state index in [1.54, 1.807) is 25.1 Å². The van der Waals surface area contributed by atoms with Crippen LogP contribution in [0.3, 0.4) is 0 Å². The summed E-state index contributed by atoms with van der Waals surface area (Å²) in [6, 6.07) is 7.13. The van der Waals surface area contributed by atoms with Crippen LogP contribution in [0.15, 0.2) is 18.2 Å². The standard InChI is InChI=1S/C13H16N2O2/c1-10-6-5-7-11(12(10)16)13(17)15-9-4-2-3-8-14/h5-7,16H,2-4,9H2,1H3,(H,15,17). The van der Waals surface area contributed by atoms with Crippen molar-refractivity contribution in [2.75, 3.05) is 6.54 Å². The Bertz CT molecular complexity index is 436. The summed E-state index contributed by atoms with van der Waals surface area (Å²) >= 11 is 0. The smallest absolute Gasteiger partial charge is 0.255 e. The van der Waals surface area contributed by atoms with Crippen molar-refractivity contribution in [1.29, 1.82) is 5.26 Å². The first-order chi connectivity index (χ1) is 8.16. The lowest BCUT2D eigenvalue weighted by Crippen LogP contribution is -2.24. The number of nitrogens with zero attached hydrogens (tertiary/aromatic N) is 1. The summed E-state index contributed by atoms with van der Waals surface area (Å²) in [4.78, 5) is 11.7. The molecule has 0 atom stereocenters. The number of carbonyl (C=O) groups excluding carboxylic acids is 1. The largest absolute Gasteiger partial charge is 0.507 e. The van der Waals surface area contributed by atoms with Gasteiger partial charge in [-0.25, -0.2) is 0 Å². The van der Waals surface area contributed by atoms with Crippen molar-refractivity contribution in [2.24, 2.45) is 0 Å². The fourth-order valence-corrected chi connectivity index (χ4v) is 1.47. The Kier molecular flexibility index (Phi) is 5.02. The molecule has 0 unspecified atom stereocenters. The highest BCUT2D eigenvalue weighted by molar-refractivity contribution is 5.97. The summed E-state index contributed by atoms with van der Waals surface area (Å²) in [5.74, 6) is -0.245. The van der Waals surface area contributed by atoms with Crippen LogP contribution >= 0.6 is 0 Å². The number of hydrogen-bond acceptors (Lipinski definition) is 3. The van der Waals surface area contributed by atoms with Crippen LogP contribution in [0.2, 0.25) is 0 Å². The highest BCUT2D eigenvalue weighted by Gasteiger charge is 2.11. The number of aromatic hydroxyl groups is 1. The van der Waals surface area contributed by atoms with E-state index in [2.05, 4.69) is 11.4 Å². The van der Waals surface area contributed by atoms with Crippen molar-refractivity contribution in [1.82, 2.24) is 5.32 Å². The minimum atomic E-state index is -0.275. The van der Waals surface area contributed by atoms with Gasteiger partial charge in [-0.15, -0.1) is 0 Å². The Balaban J connectivity index is 2.48. The normalized spacial score (nSPS) is 9.65. The highest BCUT2D eigenvalue weighted by Crippen LogP contribution is 2.20. The quantitative estimate of drug-likeness (QED) is 0.764. The molecule has 4 nitrogen and oxygen atoms in total. The third-order valence-electron chi connectivity index (χ3n) is 2.48. The molecule has 0 aliphatic heterocycles. The van der Waals surface area contributed by atoms with Crippen LogP contribution in [0.5, 0.6) is 5.75 Å². The van der Waals surface area contributed by atoms with Crippen LogP contribution in [0, 0.1) is 18.3 Å². The first kappa shape index (κ1) is 13.0. The number of para-hydroxylation sites is 1. The molecule has 0 bridgehead atoms. The molecule has 0 aliphatic carbocycles. The molecule has 0 saturated carbocycles. The lowest BCUT2D eigenvalue weighted by molar-refractivity contribution is 0.0950. The van der Waals surface area contributed by atoms with Crippen LogP contribution in [0.1, 0.15) is 35.2 Å². The maximum Gasteiger partial charge on any atom is 0.255 e. The zero-order valence-electron chi connectivity index (χ0n) is 9.86. The van der Waals surface area contributed by atoms with Crippen molar-refractivity contribution in [3.8, 4) is 11.8 Å². The third kappa shape index (κ3) is 3.80. The molecule has 1 amide bonds. The number of amides is 1. The highest BCUT2D eigenvalue weighted by atomic mass is 16.3. The van der Waals surface area contributed by atoms with Crippen LogP contribution in [0.4, 0.5) is 0 Å². The molecular formula is C13H16N2O2. The van der Waals surface area contributed by atoms with Crippen LogP contribution in [-0.4, -0.2) is 17.6 Å². The van der Waals surface area contributed by atoms with E-state index in [4.69, 9.17) is 5.26 Å². The topological polar surface area (TPSA) is 73.1 Å². The number of benzene rings is 1. The second-order valence-electron chi connectivity index (χ2n) is 3.84. The van der Waals surface area contributed by atoms with Gasteiger partial charge >= 0.3 is 0 Å². The maximum atomic E-state index is 11.7. The van der Waals surface area contributed by atoms with Crippen LogP contribution in [-0.2, 0) is 0 Å². The van der Waals surface area contributed by atoms with E-state index in [1.165, 1.54) is 0 Å². The molecule has 0 aromatic heterocycles. The van der Waals surface area contributed by atoms with Gasteiger partial charge in [-0.1, -0.05) is 12.1 Å². The van der Waals surface area contributed by atoms with E-state index in [0.29, 0.717) is 24.1 Å². The molecule has 0 spiro atoms. The molecule has 0 heterocycles. The van der Waals surface area contributed by atoms with E-state index in [9.17, 15) is 9.90 Å². The fourth-order valence-electron chi connectivity index (χ4n) is 1.47. The van der Waals surface area contributed by atoms with Gasteiger partial charge in [-0.2, -0.15) is 5.26 Å². The Morgan fingerprint density at radius 1 is 1.47 bits per heavy atom. The van der Waals surface area contributed by atoms with Gasteiger partial charge in [0.15, 0.2) is 0 Å². The molecule has 0 radical (unpaired) electrons. The molecule has 0 fully saturated rings. The monoisotopic (exact) mass is 232 g/mol. The number of aryl methyl sites for hydroxylation is 1. The number of carbonyl (C=O) groups is 1. The molecule has 2 N–H and O–H groups in total. The number of nitrogens with one attached hydrogen (secondary N) is 1. The maximum absolute atomic E-state index is 11.7. The van der Waals surface area contributed by atoms with E-state index < -0.39 is 0 Å². The molecule has 1 aromatic carbocycles. The molecule has 17 heavy (non-hydrogen) atoms. The van der Waals surface area contributed by atoms with Gasteiger partial charge in [0, 0.05) is 13.0 Å². The first-order valence-electron chi connectivity index (χ1n) is 5.60.